The number of H-pyrrole nitrogens is 1. The number of nitrogens with one attached hydrogen (secondary N) is 3. The van der Waals surface area contributed by atoms with Gasteiger partial charge in [0.15, 0.2) is 17.0 Å². The number of benzene rings is 1. The van der Waals surface area contributed by atoms with E-state index in [9.17, 15) is 4.79 Å². The number of hydrogen-bond donors (Lipinski definition) is 3. The largest absolute Gasteiger partial charge is 0.466 e. The predicted molar refractivity (Wildman–Crippen MR) is 118 cm³/mol. The fourth-order valence-corrected chi connectivity index (χ4v) is 3.80. The molecule has 3 N–H and O–H groups in total. The van der Waals surface area contributed by atoms with Crippen molar-refractivity contribution in [3.05, 3.63) is 29.5 Å². The maximum Gasteiger partial charge on any atom is 0.307 e. The van der Waals surface area contributed by atoms with Gasteiger partial charge in [0.05, 0.1) is 28.8 Å². The summed E-state index contributed by atoms with van der Waals surface area (Å²) in [6.45, 7) is 6.08. The lowest BCUT2D eigenvalue weighted by molar-refractivity contribution is -0.143. The molecule has 4 rings (SSSR count). The number of aryl methyl sites for hydroxylation is 1. The third kappa shape index (κ3) is 4.33. The van der Waals surface area contributed by atoms with E-state index in [1.807, 2.05) is 37.6 Å². The Morgan fingerprint density at radius 2 is 2.13 bits per heavy atom. The number of esters is 1. The Kier molecular flexibility index (Phi) is 5.75. The topological polar surface area (TPSA) is 118 Å². The van der Waals surface area contributed by atoms with Crippen LogP contribution >= 0.6 is 11.3 Å². The normalized spacial score (nSPS) is 12.2. The van der Waals surface area contributed by atoms with Gasteiger partial charge in [0, 0.05) is 18.2 Å². The molecule has 1 aromatic carbocycles. The minimum atomic E-state index is -0.254. The molecule has 156 valence electrons. The van der Waals surface area contributed by atoms with E-state index in [0.717, 1.165) is 28.1 Å². The molecule has 1 atom stereocenters. The number of carbonyl (C=O) groups is 1. The highest BCUT2D eigenvalue weighted by atomic mass is 32.1. The van der Waals surface area contributed by atoms with Crippen LogP contribution in [-0.4, -0.2) is 43.5 Å². The lowest BCUT2D eigenvalue weighted by atomic mass is 10.2. The van der Waals surface area contributed by atoms with Gasteiger partial charge >= 0.3 is 5.97 Å². The van der Waals surface area contributed by atoms with Crippen LogP contribution in [0.1, 0.15) is 33.0 Å². The van der Waals surface area contributed by atoms with Crippen molar-refractivity contribution >= 4 is 56.1 Å². The Bertz CT molecular complexity index is 1190. The zero-order chi connectivity index (χ0) is 21.1. The van der Waals surface area contributed by atoms with Crippen LogP contribution in [0, 0.1) is 0 Å². The maximum atomic E-state index is 11.8. The number of ether oxygens (including phenoxy) is 1. The molecule has 0 aliphatic carbocycles. The first kappa shape index (κ1) is 20.0. The van der Waals surface area contributed by atoms with Gasteiger partial charge in [-0.2, -0.15) is 9.97 Å². The second kappa shape index (κ2) is 8.62. The number of carbonyl (C=O) groups excluding carboxylic acids is 1. The third-order valence-corrected chi connectivity index (χ3v) is 5.27. The van der Waals surface area contributed by atoms with Gasteiger partial charge in [-0.15, -0.1) is 11.3 Å². The molecule has 0 amide bonds. The number of rotatable bonds is 8. The standard InChI is InChI=1S/C20H23N7O2S/c1-4-15-24-17-18(22-11(3)8-16(28)29-5-2)26-20(27-19(17)25-15)23-12-6-7-13-14(9-12)30-10-21-13/h6-7,9-11H,4-5,8H2,1-3H3,(H3,22,23,24,25,26,27). The van der Waals surface area contributed by atoms with E-state index in [1.54, 1.807) is 18.3 Å². The van der Waals surface area contributed by atoms with E-state index in [1.165, 1.54) is 0 Å². The third-order valence-electron chi connectivity index (χ3n) is 4.48. The minimum Gasteiger partial charge on any atom is -0.466 e. The predicted octanol–water partition coefficient (Wildman–Crippen LogP) is 4.02. The fourth-order valence-electron chi connectivity index (χ4n) is 3.09. The van der Waals surface area contributed by atoms with Gasteiger partial charge in [0.2, 0.25) is 5.95 Å². The number of nitrogens with zero attached hydrogens (tertiary/aromatic N) is 4. The SMILES string of the molecule is CCOC(=O)CC(C)Nc1nc(Nc2ccc3ncsc3c2)nc2[nH]c(CC)nc12. The lowest BCUT2D eigenvalue weighted by Crippen LogP contribution is -2.22. The molecule has 9 nitrogen and oxygen atoms in total. The van der Waals surface area contributed by atoms with Crippen molar-refractivity contribution in [3.63, 3.8) is 0 Å². The van der Waals surface area contributed by atoms with Crippen molar-refractivity contribution in [2.75, 3.05) is 17.2 Å². The molecule has 0 fully saturated rings. The van der Waals surface area contributed by atoms with Crippen LogP contribution in [0.5, 0.6) is 0 Å². The van der Waals surface area contributed by atoms with E-state index >= 15 is 0 Å². The molecule has 3 aromatic heterocycles. The fraction of sp³-hybridized carbons (Fsp3) is 0.350. The van der Waals surface area contributed by atoms with Gasteiger partial charge in [0.25, 0.3) is 0 Å². The summed E-state index contributed by atoms with van der Waals surface area (Å²) in [5.74, 6) is 1.57. The van der Waals surface area contributed by atoms with Crippen LogP contribution < -0.4 is 10.6 Å². The van der Waals surface area contributed by atoms with Crippen molar-refractivity contribution in [2.45, 2.75) is 39.7 Å². The molecule has 3 heterocycles. The smallest absolute Gasteiger partial charge is 0.307 e. The molecule has 0 saturated carbocycles. The van der Waals surface area contributed by atoms with Crippen LogP contribution in [0.4, 0.5) is 17.5 Å². The Morgan fingerprint density at radius 1 is 1.27 bits per heavy atom. The number of imidazole rings is 1. The van der Waals surface area contributed by atoms with E-state index in [0.29, 0.717) is 29.5 Å². The van der Waals surface area contributed by atoms with E-state index < -0.39 is 0 Å². The summed E-state index contributed by atoms with van der Waals surface area (Å²) in [5, 5.41) is 6.54. The second-order valence-electron chi connectivity index (χ2n) is 6.84. The molecule has 4 aromatic rings. The Balaban J connectivity index is 1.63. The number of aromatic amines is 1. The summed E-state index contributed by atoms with van der Waals surface area (Å²) in [6.07, 6.45) is 0.980. The summed E-state index contributed by atoms with van der Waals surface area (Å²) < 4.78 is 6.12. The zero-order valence-electron chi connectivity index (χ0n) is 17.0. The molecular formula is C20H23N7O2S. The molecule has 0 radical (unpaired) electrons. The van der Waals surface area contributed by atoms with E-state index in [-0.39, 0.29) is 18.4 Å². The highest BCUT2D eigenvalue weighted by Gasteiger charge is 2.17. The highest BCUT2D eigenvalue weighted by molar-refractivity contribution is 7.16. The molecular weight excluding hydrogens is 402 g/mol. The van der Waals surface area contributed by atoms with Crippen LogP contribution in [-0.2, 0) is 16.0 Å². The summed E-state index contributed by atoms with van der Waals surface area (Å²) in [4.78, 5) is 33.1. The van der Waals surface area contributed by atoms with E-state index in [2.05, 4.69) is 35.6 Å². The molecule has 1 unspecified atom stereocenters. The van der Waals surface area contributed by atoms with Crippen molar-refractivity contribution in [1.82, 2.24) is 24.9 Å². The molecule has 10 heteroatoms. The number of anilines is 3. The quantitative estimate of drug-likeness (QED) is 0.362. The summed E-state index contributed by atoms with van der Waals surface area (Å²) >= 11 is 1.58. The van der Waals surface area contributed by atoms with Gasteiger partial charge in [-0.25, -0.2) is 9.97 Å². The van der Waals surface area contributed by atoms with Crippen LogP contribution in [0.3, 0.4) is 0 Å². The second-order valence-corrected chi connectivity index (χ2v) is 7.73. The van der Waals surface area contributed by atoms with Gasteiger partial charge in [-0.3, -0.25) is 4.79 Å². The molecule has 0 aliphatic heterocycles. The van der Waals surface area contributed by atoms with Gasteiger partial charge in [0.1, 0.15) is 5.82 Å². The van der Waals surface area contributed by atoms with Crippen molar-refractivity contribution in [1.29, 1.82) is 0 Å². The van der Waals surface area contributed by atoms with Crippen molar-refractivity contribution in [2.24, 2.45) is 0 Å². The molecule has 0 spiro atoms. The highest BCUT2D eigenvalue weighted by Crippen LogP contribution is 2.26. The first-order valence-electron chi connectivity index (χ1n) is 9.84. The molecule has 0 saturated heterocycles. The Labute approximate surface area is 177 Å². The summed E-state index contributed by atoms with van der Waals surface area (Å²) in [6, 6.07) is 5.74. The number of thiazole rings is 1. The monoisotopic (exact) mass is 425 g/mol. The summed E-state index contributed by atoms with van der Waals surface area (Å²) in [5.41, 5.74) is 4.92. The Morgan fingerprint density at radius 3 is 2.93 bits per heavy atom. The lowest BCUT2D eigenvalue weighted by Gasteiger charge is -2.15. The first-order valence-corrected chi connectivity index (χ1v) is 10.7. The number of aromatic nitrogens is 5. The number of hydrogen-bond acceptors (Lipinski definition) is 9. The van der Waals surface area contributed by atoms with E-state index in [4.69, 9.17) is 4.74 Å². The summed E-state index contributed by atoms with van der Waals surface area (Å²) in [7, 11) is 0. The van der Waals surface area contributed by atoms with Gasteiger partial charge in [-0.05, 0) is 32.0 Å². The Hall–Kier alpha value is -3.27. The molecule has 0 bridgehead atoms. The van der Waals surface area contributed by atoms with Crippen LogP contribution in [0.15, 0.2) is 23.7 Å². The van der Waals surface area contributed by atoms with Crippen LogP contribution in [0.2, 0.25) is 0 Å². The zero-order valence-corrected chi connectivity index (χ0v) is 17.8. The minimum absolute atomic E-state index is 0.176. The maximum absolute atomic E-state index is 11.8. The molecule has 0 aliphatic rings. The first-order chi connectivity index (χ1) is 14.6. The van der Waals surface area contributed by atoms with Crippen molar-refractivity contribution < 1.29 is 9.53 Å². The van der Waals surface area contributed by atoms with Gasteiger partial charge in [-0.1, -0.05) is 6.92 Å². The molecule has 30 heavy (non-hydrogen) atoms. The van der Waals surface area contributed by atoms with Crippen LogP contribution in [0.25, 0.3) is 21.4 Å². The average Bonchev–Trinajstić information content (AvgIpc) is 3.34. The number of fused-ring (bicyclic) bond motifs is 2. The average molecular weight is 426 g/mol. The van der Waals surface area contributed by atoms with Crippen molar-refractivity contribution in [3.8, 4) is 0 Å². The van der Waals surface area contributed by atoms with Gasteiger partial charge < -0.3 is 20.4 Å².